The molecule has 100 valence electrons. The molecular weight excluding hydrogens is 222 g/mol. The lowest BCUT2D eigenvalue weighted by atomic mass is 9.99. The number of carbonyl (C=O) groups excluding carboxylic acids is 1. The molecule has 2 atom stereocenters. The van der Waals surface area contributed by atoms with Crippen molar-refractivity contribution in [1.29, 1.82) is 0 Å². The molecule has 0 saturated carbocycles. The van der Waals surface area contributed by atoms with Crippen LogP contribution >= 0.6 is 0 Å². The molecule has 0 aromatic rings. The highest BCUT2D eigenvalue weighted by Crippen LogP contribution is 2.17. The van der Waals surface area contributed by atoms with E-state index in [1.165, 1.54) is 0 Å². The summed E-state index contributed by atoms with van der Waals surface area (Å²) >= 11 is 0. The maximum atomic E-state index is 11.7. The molecule has 0 aliphatic carbocycles. The number of ether oxygens (including phenoxy) is 3. The van der Waals surface area contributed by atoms with E-state index in [-0.39, 0.29) is 11.9 Å². The number of nitrogens with one attached hydrogen (secondary N) is 1. The second-order valence-corrected chi connectivity index (χ2v) is 4.37. The number of hydrogen-bond acceptors (Lipinski definition) is 5. The molecule has 0 unspecified atom stereocenters. The largest absolute Gasteiger partial charge is 0.465 e. The fourth-order valence-corrected chi connectivity index (χ4v) is 1.81. The lowest BCUT2D eigenvalue weighted by Gasteiger charge is -2.13. The fraction of sp³-hybridized carbons (Fsp3) is 0.917. The summed E-state index contributed by atoms with van der Waals surface area (Å²) < 4.78 is 15.3. The molecule has 0 spiro atoms. The number of hydrogen-bond donors (Lipinski definition) is 1. The van der Waals surface area contributed by atoms with Gasteiger partial charge in [-0.2, -0.15) is 0 Å². The molecule has 17 heavy (non-hydrogen) atoms. The van der Waals surface area contributed by atoms with Gasteiger partial charge in [0.25, 0.3) is 0 Å². The Hall–Kier alpha value is -0.650. The topological polar surface area (TPSA) is 56.8 Å². The molecule has 0 aromatic carbocycles. The molecule has 0 amide bonds. The molecule has 1 saturated heterocycles. The monoisotopic (exact) mass is 245 g/mol. The zero-order chi connectivity index (χ0) is 12.5. The van der Waals surface area contributed by atoms with Gasteiger partial charge in [-0.3, -0.25) is 4.79 Å². The first-order chi connectivity index (χ1) is 8.25. The Morgan fingerprint density at radius 2 is 2.06 bits per heavy atom. The van der Waals surface area contributed by atoms with Crippen molar-refractivity contribution >= 4 is 5.97 Å². The van der Waals surface area contributed by atoms with Crippen LogP contribution in [0.3, 0.4) is 0 Å². The van der Waals surface area contributed by atoms with E-state index in [1.807, 2.05) is 0 Å². The normalized spacial score (nSPS) is 23.9. The van der Waals surface area contributed by atoms with E-state index in [9.17, 15) is 4.79 Å². The van der Waals surface area contributed by atoms with Gasteiger partial charge in [-0.25, -0.2) is 0 Å². The van der Waals surface area contributed by atoms with Crippen molar-refractivity contribution in [2.24, 2.45) is 11.8 Å². The number of esters is 1. The highest BCUT2D eigenvalue weighted by Gasteiger charge is 2.30. The third kappa shape index (κ3) is 5.48. The van der Waals surface area contributed by atoms with Crippen molar-refractivity contribution < 1.29 is 19.0 Å². The van der Waals surface area contributed by atoms with Gasteiger partial charge in [0.1, 0.15) is 0 Å². The minimum absolute atomic E-state index is 0.0180. The SMILES string of the molecule is COCCOCCCOC(=O)[C@@H]1CNC[C@H]1C. The average Bonchev–Trinajstić information content (AvgIpc) is 2.74. The van der Waals surface area contributed by atoms with Gasteiger partial charge < -0.3 is 19.5 Å². The van der Waals surface area contributed by atoms with Crippen LogP contribution in [0.4, 0.5) is 0 Å². The number of carbonyl (C=O) groups is 1. The van der Waals surface area contributed by atoms with E-state index in [2.05, 4.69) is 12.2 Å². The van der Waals surface area contributed by atoms with Crippen LogP contribution in [0.25, 0.3) is 0 Å². The first-order valence-corrected chi connectivity index (χ1v) is 6.19. The van der Waals surface area contributed by atoms with Crippen LogP contribution in [0.2, 0.25) is 0 Å². The highest BCUT2D eigenvalue weighted by molar-refractivity contribution is 5.73. The van der Waals surface area contributed by atoms with Crippen molar-refractivity contribution in [2.45, 2.75) is 13.3 Å². The molecule has 1 N–H and O–H groups in total. The zero-order valence-corrected chi connectivity index (χ0v) is 10.7. The van der Waals surface area contributed by atoms with Gasteiger partial charge >= 0.3 is 5.97 Å². The van der Waals surface area contributed by atoms with Gasteiger partial charge in [-0.05, 0) is 12.5 Å². The van der Waals surface area contributed by atoms with Gasteiger partial charge in [0.2, 0.25) is 0 Å². The smallest absolute Gasteiger partial charge is 0.310 e. The van der Waals surface area contributed by atoms with E-state index in [4.69, 9.17) is 14.2 Å². The maximum Gasteiger partial charge on any atom is 0.310 e. The molecule has 5 nitrogen and oxygen atoms in total. The van der Waals surface area contributed by atoms with Crippen LogP contribution in [0.1, 0.15) is 13.3 Å². The van der Waals surface area contributed by atoms with Gasteiger partial charge in [-0.1, -0.05) is 6.92 Å². The van der Waals surface area contributed by atoms with Gasteiger partial charge in [0, 0.05) is 26.7 Å². The number of methoxy groups -OCH3 is 1. The molecule has 1 aliphatic heterocycles. The molecule has 0 radical (unpaired) electrons. The lowest BCUT2D eigenvalue weighted by molar-refractivity contribution is -0.149. The van der Waals surface area contributed by atoms with Gasteiger partial charge in [0.05, 0.1) is 25.7 Å². The second kappa shape index (κ2) is 8.44. The Balaban J connectivity index is 1.97. The van der Waals surface area contributed by atoms with Gasteiger partial charge in [-0.15, -0.1) is 0 Å². The summed E-state index contributed by atoms with van der Waals surface area (Å²) in [6.45, 7) is 5.95. The summed E-state index contributed by atoms with van der Waals surface area (Å²) in [6, 6.07) is 0. The van der Waals surface area contributed by atoms with Crippen molar-refractivity contribution in [1.82, 2.24) is 5.32 Å². The summed E-state index contributed by atoms with van der Waals surface area (Å²) in [4.78, 5) is 11.7. The summed E-state index contributed by atoms with van der Waals surface area (Å²) in [6.07, 6.45) is 0.740. The van der Waals surface area contributed by atoms with Crippen molar-refractivity contribution in [2.75, 3.05) is 46.6 Å². The first kappa shape index (κ1) is 14.4. The van der Waals surface area contributed by atoms with E-state index in [0.29, 0.717) is 32.3 Å². The van der Waals surface area contributed by atoms with E-state index in [0.717, 1.165) is 19.5 Å². The molecule has 1 heterocycles. The fourth-order valence-electron chi connectivity index (χ4n) is 1.81. The third-order valence-corrected chi connectivity index (χ3v) is 2.93. The molecule has 1 fully saturated rings. The number of rotatable bonds is 8. The predicted octanol–water partition coefficient (Wildman–Crippen LogP) is 0.438. The van der Waals surface area contributed by atoms with Crippen molar-refractivity contribution in [3.63, 3.8) is 0 Å². The lowest BCUT2D eigenvalue weighted by Crippen LogP contribution is -2.24. The molecule has 0 bridgehead atoms. The van der Waals surface area contributed by atoms with E-state index >= 15 is 0 Å². The van der Waals surface area contributed by atoms with Crippen LogP contribution in [-0.2, 0) is 19.0 Å². The summed E-state index contributed by atoms with van der Waals surface area (Å²) in [5.74, 6) is 0.309. The van der Waals surface area contributed by atoms with Crippen molar-refractivity contribution in [3.8, 4) is 0 Å². The molecule has 1 rings (SSSR count). The minimum atomic E-state index is -0.0839. The third-order valence-electron chi connectivity index (χ3n) is 2.93. The Bertz CT molecular complexity index is 223. The first-order valence-electron chi connectivity index (χ1n) is 6.19. The molecule has 5 heteroatoms. The predicted molar refractivity (Wildman–Crippen MR) is 63.8 cm³/mol. The summed E-state index contributed by atoms with van der Waals surface area (Å²) in [5.41, 5.74) is 0. The minimum Gasteiger partial charge on any atom is -0.465 e. The van der Waals surface area contributed by atoms with Crippen molar-refractivity contribution in [3.05, 3.63) is 0 Å². The van der Waals surface area contributed by atoms with Crippen LogP contribution in [0, 0.1) is 11.8 Å². The van der Waals surface area contributed by atoms with E-state index in [1.54, 1.807) is 7.11 Å². The Morgan fingerprint density at radius 3 is 2.71 bits per heavy atom. The molecular formula is C12H23NO4. The molecule has 1 aliphatic rings. The Kier molecular flexibility index (Phi) is 7.16. The standard InChI is InChI=1S/C12H23NO4/c1-10-8-13-9-11(10)12(14)17-5-3-4-16-7-6-15-2/h10-11,13H,3-9H2,1-2H3/t10-,11-/m1/s1. The van der Waals surface area contributed by atoms with Crippen LogP contribution in [0.5, 0.6) is 0 Å². The van der Waals surface area contributed by atoms with Gasteiger partial charge in [0.15, 0.2) is 0 Å². The molecule has 0 aromatic heterocycles. The second-order valence-electron chi connectivity index (χ2n) is 4.37. The Morgan fingerprint density at radius 1 is 1.24 bits per heavy atom. The van der Waals surface area contributed by atoms with Crippen LogP contribution in [0.15, 0.2) is 0 Å². The summed E-state index contributed by atoms with van der Waals surface area (Å²) in [5, 5.41) is 3.19. The highest BCUT2D eigenvalue weighted by atomic mass is 16.5. The Labute approximate surface area is 103 Å². The zero-order valence-electron chi connectivity index (χ0n) is 10.7. The summed E-state index contributed by atoms with van der Waals surface area (Å²) in [7, 11) is 1.64. The average molecular weight is 245 g/mol. The quantitative estimate of drug-likeness (QED) is 0.497. The van der Waals surface area contributed by atoms with Crippen LogP contribution < -0.4 is 5.32 Å². The van der Waals surface area contributed by atoms with E-state index < -0.39 is 0 Å². The van der Waals surface area contributed by atoms with Crippen LogP contribution in [-0.4, -0.2) is 52.6 Å². The maximum absolute atomic E-state index is 11.7.